The van der Waals surface area contributed by atoms with E-state index in [1.165, 1.54) is 6.07 Å². The summed E-state index contributed by atoms with van der Waals surface area (Å²) in [5.41, 5.74) is -1.31. The van der Waals surface area contributed by atoms with Crippen LogP contribution >= 0.6 is 0 Å². The Labute approximate surface area is 159 Å². The van der Waals surface area contributed by atoms with E-state index >= 15 is 0 Å². The van der Waals surface area contributed by atoms with Crippen molar-refractivity contribution >= 4 is 17.4 Å². The number of nitriles is 1. The maximum Gasteiger partial charge on any atom is 0.573 e. The molecule has 0 saturated carbocycles. The number of carbonyl (C=O) groups excluding carboxylic acids is 2. The molecule has 1 unspecified atom stereocenters. The van der Waals surface area contributed by atoms with E-state index in [1.54, 1.807) is 0 Å². The number of halogens is 6. The topological polar surface area (TPSA) is 79.2 Å². The predicted molar refractivity (Wildman–Crippen MR) is 86.6 cm³/mol. The molecule has 2 aromatic carbocycles. The summed E-state index contributed by atoms with van der Waals surface area (Å²) >= 11 is 0. The molecule has 2 rings (SSSR count). The molecule has 29 heavy (non-hydrogen) atoms. The SMILES string of the molecule is N#CC(C(=O)Nc1ccc(OC(F)(F)F)cc1)C(=O)c1ccc(C(F)(F)F)cc1. The van der Waals surface area contributed by atoms with Gasteiger partial charge in [0, 0.05) is 11.3 Å². The lowest BCUT2D eigenvalue weighted by Gasteiger charge is -2.12. The first-order valence-electron chi connectivity index (χ1n) is 7.68. The molecule has 0 aliphatic carbocycles. The molecule has 1 amide bonds. The first-order chi connectivity index (χ1) is 13.4. The number of ketones is 1. The van der Waals surface area contributed by atoms with Crippen LogP contribution in [-0.4, -0.2) is 18.1 Å². The maximum absolute atomic E-state index is 12.6. The molecule has 11 heteroatoms. The molecule has 0 heterocycles. The molecule has 0 aliphatic heterocycles. The molecule has 1 N–H and O–H groups in total. The summed E-state index contributed by atoms with van der Waals surface area (Å²) in [6.07, 6.45) is -9.51. The fourth-order valence-corrected chi connectivity index (χ4v) is 2.18. The molecule has 1 atom stereocenters. The van der Waals surface area contributed by atoms with E-state index in [4.69, 9.17) is 5.26 Å². The van der Waals surface area contributed by atoms with Gasteiger partial charge in [-0.15, -0.1) is 13.2 Å². The highest BCUT2D eigenvalue weighted by molar-refractivity contribution is 6.15. The zero-order valence-corrected chi connectivity index (χ0v) is 14.1. The second-order valence-corrected chi connectivity index (χ2v) is 5.56. The number of Topliss-reactive ketones (excluding diaryl/α,β-unsaturated/α-hetero) is 1. The summed E-state index contributed by atoms with van der Waals surface area (Å²) in [6, 6.07) is 8.32. The number of nitrogens with one attached hydrogen (secondary N) is 1. The number of rotatable bonds is 5. The number of nitrogens with zero attached hydrogens (tertiary/aromatic N) is 1. The minimum Gasteiger partial charge on any atom is -0.406 e. The number of amides is 1. The third-order valence-corrected chi connectivity index (χ3v) is 3.51. The van der Waals surface area contributed by atoms with Crippen molar-refractivity contribution in [1.29, 1.82) is 5.26 Å². The van der Waals surface area contributed by atoms with Crippen LogP contribution in [0.15, 0.2) is 48.5 Å². The Morgan fingerprint density at radius 3 is 1.93 bits per heavy atom. The highest BCUT2D eigenvalue weighted by atomic mass is 19.4. The number of ether oxygens (including phenoxy) is 1. The van der Waals surface area contributed by atoms with Crippen LogP contribution in [0.2, 0.25) is 0 Å². The van der Waals surface area contributed by atoms with Gasteiger partial charge in [0.1, 0.15) is 5.75 Å². The van der Waals surface area contributed by atoms with Gasteiger partial charge in [-0.2, -0.15) is 18.4 Å². The van der Waals surface area contributed by atoms with E-state index in [9.17, 15) is 35.9 Å². The molecule has 152 valence electrons. The molecule has 0 spiro atoms. The van der Waals surface area contributed by atoms with Crippen LogP contribution in [-0.2, 0) is 11.0 Å². The van der Waals surface area contributed by atoms with Crippen molar-refractivity contribution in [2.75, 3.05) is 5.32 Å². The number of benzene rings is 2. The molecule has 0 fully saturated rings. The molecule has 2 aromatic rings. The molecule has 0 radical (unpaired) electrons. The van der Waals surface area contributed by atoms with Gasteiger partial charge in [-0.3, -0.25) is 9.59 Å². The van der Waals surface area contributed by atoms with E-state index < -0.39 is 41.5 Å². The van der Waals surface area contributed by atoms with Gasteiger partial charge in [0.25, 0.3) is 0 Å². The Kier molecular flexibility index (Phi) is 6.16. The zero-order valence-electron chi connectivity index (χ0n) is 14.1. The standard InChI is InChI=1S/C18H10F6N2O3/c19-17(20,21)11-3-1-10(2-4-11)15(27)14(9-25)16(28)26-12-5-7-13(8-6-12)29-18(22,23)24/h1-8,14H,(H,26,28). The van der Waals surface area contributed by atoms with Gasteiger partial charge < -0.3 is 10.1 Å². The van der Waals surface area contributed by atoms with Crippen LogP contribution < -0.4 is 10.1 Å². The lowest BCUT2D eigenvalue weighted by atomic mass is 9.97. The van der Waals surface area contributed by atoms with Crippen molar-refractivity contribution in [3.63, 3.8) is 0 Å². The van der Waals surface area contributed by atoms with Gasteiger partial charge in [-0.25, -0.2) is 0 Å². The highest BCUT2D eigenvalue weighted by Crippen LogP contribution is 2.29. The van der Waals surface area contributed by atoms with Crippen LogP contribution in [0.5, 0.6) is 5.75 Å². The average molecular weight is 416 g/mol. The van der Waals surface area contributed by atoms with Crippen LogP contribution in [0.1, 0.15) is 15.9 Å². The smallest absolute Gasteiger partial charge is 0.406 e. The normalized spacial score (nSPS) is 12.6. The van der Waals surface area contributed by atoms with Crippen LogP contribution in [0.25, 0.3) is 0 Å². The van der Waals surface area contributed by atoms with E-state index in [2.05, 4.69) is 10.1 Å². The Bertz CT molecular complexity index is 929. The second-order valence-electron chi connectivity index (χ2n) is 5.56. The summed E-state index contributed by atoms with van der Waals surface area (Å²) < 4.78 is 77.7. The highest BCUT2D eigenvalue weighted by Gasteiger charge is 2.32. The monoisotopic (exact) mass is 416 g/mol. The third-order valence-electron chi connectivity index (χ3n) is 3.51. The lowest BCUT2D eigenvalue weighted by molar-refractivity contribution is -0.274. The zero-order chi connectivity index (χ0) is 21.8. The van der Waals surface area contributed by atoms with Crippen LogP contribution in [0.3, 0.4) is 0 Å². The summed E-state index contributed by atoms with van der Waals surface area (Å²) in [5.74, 6) is -4.55. The fraction of sp³-hybridized carbons (Fsp3) is 0.167. The predicted octanol–water partition coefficient (Wildman–Crippen LogP) is 4.57. The summed E-state index contributed by atoms with van der Waals surface area (Å²) in [5, 5.41) is 11.3. The maximum atomic E-state index is 12.6. The van der Waals surface area contributed by atoms with E-state index in [1.807, 2.05) is 0 Å². The molecule has 0 aromatic heterocycles. The van der Waals surface area contributed by atoms with E-state index in [0.717, 1.165) is 36.4 Å². The van der Waals surface area contributed by atoms with Gasteiger partial charge in [0.15, 0.2) is 11.7 Å². The minimum absolute atomic E-state index is 0.0232. The van der Waals surface area contributed by atoms with Crippen molar-refractivity contribution in [3.8, 4) is 11.8 Å². The van der Waals surface area contributed by atoms with Gasteiger partial charge in [0.2, 0.25) is 5.91 Å². The molecular formula is C18H10F6N2O3. The quantitative estimate of drug-likeness (QED) is 0.440. The number of anilines is 1. The molecular weight excluding hydrogens is 406 g/mol. The van der Waals surface area contributed by atoms with E-state index in [0.29, 0.717) is 12.1 Å². The van der Waals surface area contributed by atoms with Gasteiger partial charge >= 0.3 is 12.5 Å². The van der Waals surface area contributed by atoms with Crippen molar-refractivity contribution < 1.29 is 40.7 Å². The largest absolute Gasteiger partial charge is 0.573 e. The van der Waals surface area contributed by atoms with Crippen molar-refractivity contribution in [1.82, 2.24) is 0 Å². The number of alkyl halides is 6. The first-order valence-corrected chi connectivity index (χ1v) is 7.68. The van der Waals surface area contributed by atoms with Crippen molar-refractivity contribution in [2.24, 2.45) is 5.92 Å². The second kappa shape index (κ2) is 8.22. The summed E-state index contributed by atoms with van der Waals surface area (Å²) in [4.78, 5) is 24.4. The lowest BCUT2D eigenvalue weighted by Crippen LogP contribution is -2.28. The third kappa shape index (κ3) is 5.97. The Morgan fingerprint density at radius 2 is 1.48 bits per heavy atom. The number of hydrogen-bond donors (Lipinski definition) is 1. The molecule has 0 aliphatic rings. The van der Waals surface area contributed by atoms with E-state index in [-0.39, 0.29) is 11.3 Å². The molecule has 0 bridgehead atoms. The Hall–Kier alpha value is -3.55. The molecule has 5 nitrogen and oxygen atoms in total. The van der Waals surface area contributed by atoms with Crippen molar-refractivity contribution in [3.05, 3.63) is 59.7 Å². The summed E-state index contributed by atoms with van der Waals surface area (Å²) in [6.45, 7) is 0. The minimum atomic E-state index is -4.90. The Morgan fingerprint density at radius 1 is 0.931 bits per heavy atom. The average Bonchev–Trinajstić information content (AvgIpc) is 2.62. The fourth-order valence-electron chi connectivity index (χ4n) is 2.18. The number of hydrogen-bond acceptors (Lipinski definition) is 4. The van der Waals surface area contributed by atoms with Crippen molar-refractivity contribution in [2.45, 2.75) is 12.5 Å². The molecule has 0 saturated heterocycles. The van der Waals surface area contributed by atoms with Gasteiger partial charge in [0.05, 0.1) is 11.6 Å². The van der Waals surface area contributed by atoms with Gasteiger partial charge in [-0.1, -0.05) is 12.1 Å². The number of carbonyl (C=O) groups is 2. The van der Waals surface area contributed by atoms with Crippen LogP contribution in [0.4, 0.5) is 32.0 Å². The van der Waals surface area contributed by atoms with Crippen LogP contribution in [0, 0.1) is 17.2 Å². The first kappa shape index (κ1) is 21.7. The Balaban J connectivity index is 2.10. The summed E-state index contributed by atoms with van der Waals surface area (Å²) in [7, 11) is 0. The van der Waals surface area contributed by atoms with Gasteiger partial charge in [-0.05, 0) is 36.4 Å².